The Morgan fingerprint density at radius 2 is 2.07 bits per heavy atom. The van der Waals surface area contributed by atoms with Crippen LogP contribution in [0, 0.1) is 5.92 Å². The zero-order chi connectivity index (χ0) is 20.8. The van der Waals surface area contributed by atoms with Gasteiger partial charge in [-0.15, -0.1) is 0 Å². The van der Waals surface area contributed by atoms with Gasteiger partial charge in [0.2, 0.25) is 11.8 Å². The highest BCUT2D eigenvalue weighted by atomic mass is 35.5. The van der Waals surface area contributed by atoms with Crippen LogP contribution in [0.4, 0.5) is 0 Å². The molecule has 152 valence electrons. The number of hydrogen-bond donors (Lipinski definition) is 1. The Labute approximate surface area is 170 Å². The van der Waals surface area contributed by atoms with E-state index in [1.165, 1.54) is 4.90 Å². The molecule has 6 nitrogen and oxygen atoms in total. The minimum absolute atomic E-state index is 0.0727. The topological polar surface area (TPSA) is 75.7 Å². The number of carbonyl (C=O) groups excluding carboxylic acids is 3. The van der Waals surface area contributed by atoms with E-state index in [0.717, 1.165) is 5.56 Å². The highest BCUT2D eigenvalue weighted by Crippen LogP contribution is 2.37. The molecule has 0 fully saturated rings. The third-order valence-corrected chi connectivity index (χ3v) is 4.81. The molecular weight excluding hydrogens is 380 g/mol. The number of hydrogen-bond acceptors (Lipinski definition) is 4. The smallest absolute Gasteiger partial charge is 0.336 e. The zero-order valence-corrected chi connectivity index (χ0v) is 17.5. The quantitative estimate of drug-likeness (QED) is 0.705. The Kier molecular flexibility index (Phi) is 7.63. The van der Waals surface area contributed by atoms with Crippen molar-refractivity contribution in [1.82, 2.24) is 10.2 Å². The van der Waals surface area contributed by atoms with E-state index in [0.29, 0.717) is 28.8 Å². The lowest BCUT2D eigenvalue weighted by Crippen LogP contribution is -2.44. The minimum atomic E-state index is -0.481. The Hall–Kier alpha value is -2.34. The van der Waals surface area contributed by atoms with Crippen LogP contribution in [-0.4, -0.2) is 42.4 Å². The first-order valence-corrected chi connectivity index (χ1v) is 9.82. The lowest BCUT2D eigenvalue weighted by atomic mass is 9.83. The highest BCUT2D eigenvalue weighted by molar-refractivity contribution is 6.30. The van der Waals surface area contributed by atoms with Crippen molar-refractivity contribution in [3.05, 3.63) is 46.1 Å². The summed E-state index contributed by atoms with van der Waals surface area (Å²) in [4.78, 5) is 39.1. The molecule has 0 bridgehead atoms. The third kappa shape index (κ3) is 5.35. The molecule has 7 heteroatoms. The Morgan fingerprint density at radius 1 is 1.36 bits per heavy atom. The van der Waals surface area contributed by atoms with Crippen LogP contribution >= 0.6 is 11.6 Å². The summed E-state index contributed by atoms with van der Waals surface area (Å²) in [5, 5.41) is 3.33. The maximum atomic E-state index is 12.8. The Bertz CT molecular complexity index is 788. The van der Waals surface area contributed by atoms with Gasteiger partial charge in [0.1, 0.15) is 6.54 Å². The van der Waals surface area contributed by atoms with Crippen LogP contribution in [0.2, 0.25) is 5.02 Å². The molecule has 2 rings (SSSR count). The van der Waals surface area contributed by atoms with Gasteiger partial charge in [0, 0.05) is 29.6 Å². The van der Waals surface area contributed by atoms with Gasteiger partial charge in [0.05, 0.1) is 12.2 Å². The third-order valence-electron chi connectivity index (χ3n) is 4.58. The van der Waals surface area contributed by atoms with E-state index >= 15 is 0 Å². The normalized spacial score (nSPS) is 17.1. The van der Waals surface area contributed by atoms with Gasteiger partial charge < -0.3 is 15.0 Å². The van der Waals surface area contributed by atoms with E-state index in [1.807, 2.05) is 19.9 Å². The molecule has 2 amide bonds. The summed E-state index contributed by atoms with van der Waals surface area (Å²) >= 11 is 6.10. The van der Waals surface area contributed by atoms with Crippen molar-refractivity contribution in [1.29, 1.82) is 0 Å². The SMILES string of the molecule is CCOC(=O)C1=C(C)N(CC(=O)NCC(C)C)C(=O)C[C@@H]1c1cccc(Cl)c1. The number of nitrogens with one attached hydrogen (secondary N) is 1. The second-order valence-corrected chi connectivity index (χ2v) is 7.65. The fourth-order valence-corrected chi connectivity index (χ4v) is 3.40. The molecule has 1 aromatic rings. The van der Waals surface area contributed by atoms with E-state index in [4.69, 9.17) is 16.3 Å². The van der Waals surface area contributed by atoms with Gasteiger partial charge in [-0.1, -0.05) is 37.6 Å². The zero-order valence-electron chi connectivity index (χ0n) is 16.8. The minimum Gasteiger partial charge on any atom is -0.463 e. The van der Waals surface area contributed by atoms with Crippen LogP contribution in [0.1, 0.15) is 45.6 Å². The van der Waals surface area contributed by atoms with Crippen LogP contribution < -0.4 is 5.32 Å². The lowest BCUT2D eigenvalue weighted by molar-refractivity contribution is -0.141. The van der Waals surface area contributed by atoms with Gasteiger partial charge in [-0.3, -0.25) is 9.59 Å². The van der Waals surface area contributed by atoms with Gasteiger partial charge in [-0.25, -0.2) is 4.79 Å². The molecule has 1 aromatic carbocycles. The molecule has 1 atom stereocenters. The molecule has 0 unspecified atom stereocenters. The number of nitrogens with zero attached hydrogens (tertiary/aromatic N) is 1. The van der Waals surface area contributed by atoms with Crippen molar-refractivity contribution >= 4 is 29.4 Å². The molecule has 0 radical (unpaired) electrons. The van der Waals surface area contributed by atoms with Crippen molar-refractivity contribution in [2.75, 3.05) is 19.7 Å². The van der Waals surface area contributed by atoms with Crippen LogP contribution in [0.25, 0.3) is 0 Å². The van der Waals surface area contributed by atoms with Crippen molar-refractivity contribution in [3.63, 3.8) is 0 Å². The maximum absolute atomic E-state index is 12.8. The summed E-state index contributed by atoms with van der Waals surface area (Å²) in [6.45, 7) is 8.02. The molecule has 1 N–H and O–H groups in total. The van der Waals surface area contributed by atoms with Crippen molar-refractivity contribution in [3.8, 4) is 0 Å². The molecule has 28 heavy (non-hydrogen) atoms. The number of benzene rings is 1. The summed E-state index contributed by atoms with van der Waals surface area (Å²) in [7, 11) is 0. The fourth-order valence-electron chi connectivity index (χ4n) is 3.20. The maximum Gasteiger partial charge on any atom is 0.336 e. The number of ether oxygens (including phenoxy) is 1. The number of allylic oxidation sites excluding steroid dienone is 1. The van der Waals surface area contributed by atoms with Gasteiger partial charge in [-0.2, -0.15) is 0 Å². The van der Waals surface area contributed by atoms with Crippen LogP contribution in [0.5, 0.6) is 0 Å². The summed E-state index contributed by atoms with van der Waals surface area (Å²) < 4.78 is 5.23. The number of halogens is 1. The van der Waals surface area contributed by atoms with E-state index < -0.39 is 11.9 Å². The van der Waals surface area contributed by atoms with Crippen molar-refractivity contribution in [2.45, 2.75) is 40.0 Å². The average Bonchev–Trinajstić information content (AvgIpc) is 2.63. The van der Waals surface area contributed by atoms with E-state index in [1.54, 1.807) is 32.0 Å². The summed E-state index contributed by atoms with van der Waals surface area (Å²) in [5.41, 5.74) is 1.60. The monoisotopic (exact) mass is 406 g/mol. The fraction of sp³-hybridized carbons (Fsp3) is 0.476. The number of amides is 2. The average molecular weight is 407 g/mol. The number of rotatable bonds is 7. The second-order valence-electron chi connectivity index (χ2n) is 7.21. The van der Waals surface area contributed by atoms with Gasteiger partial charge in [0.25, 0.3) is 0 Å². The first-order chi connectivity index (χ1) is 13.2. The van der Waals surface area contributed by atoms with Gasteiger partial charge >= 0.3 is 5.97 Å². The first kappa shape index (κ1) is 22.0. The molecule has 1 aliphatic rings. The van der Waals surface area contributed by atoms with Crippen LogP contribution in [0.3, 0.4) is 0 Å². The largest absolute Gasteiger partial charge is 0.463 e. The van der Waals surface area contributed by atoms with Crippen molar-refractivity contribution in [2.24, 2.45) is 5.92 Å². The molecule has 0 saturated heterocycles. The molecule has 0 aromatic heterocycles. The first-order valence-electron chi connectivity index (χ1n) is 9.45. The highest BCUT2D eigenvalue weighted by Gasteiger charge is 2.37. The molecular formula is C21H27ClN2O4. The molecule has 0 saturated carbocycles. The lowest BCUT2D eigenvalue weighted by Gasteiger charge is -2.34. The summed E-state index contributed by atoms with van der Waals surface area (Å²) in [5.74, 6) is -1.11. The van der Waals surface area contributed by atoms with E-state index in [9.17, 15) is 14.4 Å². The van der Waals surface area contributed by atoms with Crippen LogP contribution in [-0.2, 0) is 19.1 Å². The van der Waals surface area contributed by atoms with Crippen LogP contribution in [0.15, 0.2) is 35.5 Å². The molecule has 1 aliphatic heterocycles. The predicted molar refractivity (Wildman–Crippen MR) is 108 cm³/mol. The van der Waals surface area contributed by atoms with E-state index in [2.05, 4.69) is 5.32 Å². The number of carbonyl (C=O) groups is 3. The van der Waals surface area contributed by atoms with E-state index in [-0.39, 0.29) is 31.4 Å². The second kappa shape index (κ2) is 9.73. The molecule has 0 spiro atoms. The standard InChI is InChI=1S/C21H27ClN2O4/c1-5-28-21(27)20-14(4)24(12-18(25)23-11-13(2)3)19(26)10-17(20)15-7-6-8-16(22)9-15/h6-9,13,17H,5,10-12H2,1-4H3,(H,23,25)/t17-/m1/s1. The number of esters is 1. The predicted octanol–water partition coefficient (Wildman–Crippen LogP) is 3.27. The van der Waals surface area contributed by atoms with Gasteiger partial charge in [0.15, 0.2) is 0 Å². The van der Waals surface area contributed by atoms with Crippen molar-refractivity contribution < 1.29 is 19.1 Å². The molecule has 1 heterocycles. The summed E-state index contributed by atoms with van der Waals surface area (Å²) in [6.07, 6.45) is 0.0727. The van der Waals surface area contributed by atoms with Gasteiger partial charge in [-0.05, 0) is 37.5 Å². The Balaban J connectivity index is 2.38. The summed E-state index contributed by atoms with van der Waals surface area (Å²) in [6, 6.07) is 7.10. The molecule has 0 aliphatic carbocycles. The Morgan fingerprint density at radius 3 is 2.68 bits per heavy atom.